The van der Waals surface area contributed by atoms with Crippen molar-refractivity contribution in [1.82, 2.24) is 5.32 Å². The van der Waals surface area contributed by atoms with E-state index in [9.17, 15) is 9.59 Å². The van der Waals surface area contributed by atoms with Gasteiger partial charge in [-0.15, -0.1) is 0 Å². The number of para-hydroxylation sites is 2. The number of carbonyl (C=O) groups is 2. The minimum absolute atomic E-state index is 0.0624. The van der Waals surface area contributed by atoms with Crippen molar-refractivity contribution in [1.29, 1.82) is 0 Å². The molecule has 2 aromatic carbocycles. The van der Waals surface area contributed by atoms with Gasteiger partial charge in [-0.3, -0.25) is 9.59 Å². The lowest BCUT2D eigenvalue weighted by Crippen LogP contribution is -2.40. The van der Waals surface area contributed by atoms with Gasteiger partial charge in [0, 0.05) is 16.8 Å². The lowest BCUT2D eigenvalue weighted by atomic mass is 10.1. The summed E-state index contributed by atoms with van der Waals surface area (Å²) in [6.45, 7) is 9.82. The Morgan fingerprint density at radius 3 is 2.57 bits per heavy atom. The maximum Gasteiger partial charge on any atom is 0.251 e. The van der Waals surface area contributed by atoms with Gasteiger partial charge in [-0.25, -0.2) is 0 Å². The molecule has 0 aliphatic carbocycles. The van der Waals surface area contributed by atoms with Crippen LogP contribution in [0, 0.1) is 0 Å². The van der Waals surface area contributed by atoms with Gasteiger partial charge in [0.1, 0.15) is 12.4 Å². The van der Waals surface area contributed by atoms with Gasteiger partial charge in [0.2, 0.25) is 5.91 Å². The Kier molecular flexibility index (Phi) is 7.21. The van der Waals surface area contributed by atoms with E-state index in [1.54, 1.807) is 30.3 Å². The SMILES string of the molecule is C=CCOc1ccccc1NCC(=O)Nc1cccc(C(=O)NC(C)(C)C)c1. The van der Waals surface area contributed by atoms with Crippen LogP contribution in [0.4, 0.5) is 11.4 Å². The molecule has 0 aliphatic heterocycles. The van der Waals surface area contributed by atoms with E-state index in [1.165, 1.54) is 0 Å². The van der Waals surface area contributed by atoms with Crippen molar-refractivity contribution in [3.05, 3.63) is 66.7 Å². The number of nitrogens with one attached hydrogen (secondary N) is 3. The molecule has 6 nitrogen and oxygen atoms in total. The van der Waals surface area contributed by atoms with Crippen molar-refractivity contribution in [2.24, 2.45) is 0 Å². The van der Waals surface area contributed by atoms with Crippen molar-refractivity contribution in [2.45, 2.75) is 26.3 Å². The predicted molar refractivity (Wildman–Crippen MR) is 113 cm³/mol. The first-order valence-electron chi connectivity index (χ1n) is 9.07. The van der Waals surface area contributed by atoms with Gasteiger partial charge in [-0.2, -0.15) is 0 Å². The summed E-state index contributed by atoms with van der Waals surface area (Å²) in [5.74, 6) is 0.234. The molecule has 28 heavy (non-hydrogen) atoms. The Bertz CT molecular complexity index is 841. The first-order valence-corrected chi connectivity index (χ1v) is 9.07. The summed E-state index contributed by atoms with van der Waals surface area (Å²) in [5.41, 5.74) is 1.44. The molecule has 2 rings (SSSR count). The Balaban J connectivity index is 1.96. The highest BCUT2D eigenvalue weighted by molar-refractivity contribution is 5.98. The topological polar surface area (TPSA) is 79.5 Å². The van der Waals surface area contributed by atoms with E-state index in [-0.39, 0.29) is 23.9 Å². The highest BCUT2D eigenvalue weighted by Gasteiger charge is 2.15. The molecule has 0 atom stereocenters. The number of rotatable bonds is 8. The van der Waals surface area contributed by atoms with Crippen LogP contribution in [0.15, 0.2) is 61.2 Å². The second-order valence-electron chi connectivity index (χ2n) is 7.28. The highest BCUT2D eigenvalue weighted by Crippen LogP contribution is 2.23. The summed E-state index contributed by atoms with van der Waals surface area (Å²) in [6.07, 6.45) is 1.66. The molecule has 0 aromatic heterocycles. The third kappa shape index (κ3) is 6.79. The average Bonchev–Trinajstić information content (AvgIpc) is 2.64. The van der Waals surface area contributed by atoms with E-state index < -0.39 is 0 Å². The van der Waals surface area contributed by atoms with Crippen LogP contribution >= 0.6 is 0 Å². The van der Waals surface area contributed by atoms with Crippen molar-refractivity contribution in [3.8, 4) is 5.75 Å². The molecule has 6 heteroatoms. The second kappa shape index (κ2) is 9.60. The van der Waals surface area contributed by atoms with Gasteiger partial charge in [-0.05, 0) is 51.1 Å². The summed E-state index contributed by atoms with van der Waals surface area (Å²) in [5, 5.41) is 8.76. The zero-order valence-electron chi connectivity index (χ0n) is 16.5. The molecular formula is C22H27N3O3. The van der Waals surface area contributed by atoms with Crippen LogP contribution < -0.4 is 20.7 Å². The van der Waals surface area contributed by atoms with Gasteiger partial charge in [-0.1, -0.05) is 30.9 Å². The molecule has 0 aliphatic rings. The van der Waals surface area contributed by atoms with Crippen LogP contribution in [0.25, 0.3) is 0 Å². The molecule has 0 bridgehead atoms. The van der Waals surface area contributed by atoms with Crippen LogP contribution in [0.5, 0.6) is 5.75 Å². The van der Waals surface area contributed by atoms with Crippen molar-refractivity contribution in [2.75, 3.05) is 23.8 Å². The number of benzene rings is 2. The first kappa shape index (κ1) is 21.0. The number of ether oxygens (including phenoxy) is 1. The van der Waals surface area contributed by atoms with E-state index in [2.05, 4.69) is 22.5 Å². The number of hydrogen-bond donors (Lipinski definition) is 3. The minimum atomic E-state index is -0.332. The normalized spacial score (nSPS) is 10.7. The lowest BCUT2D eigenvalue weighted by Gasteiger charge is -2.20. The number of carbonyl (C=O) groups excluding carboxylic acids is 2. The third-order valence-electron chi connectivity index (χ3n) is 3.58. The second-order valence-corrected chi connectivity index (χ2v) is 7.28. The maximum atomic E-state index is 12.3. The molecular weight excluding hydrogens is 354 g/mol. The first-order chi connectivity index (χ1) is 13.3. The summed E-state index contributed by atoms with van der Waals surface area (Å²) in [6, 6.07) is 14.2. The Labute approximate surface area is 166 Å². The van der Waals surface area contributed by atoms with Crippen molar-refractivity contribution >= 4 is 23.2 Å². The molecule has 148 valence electrons. The molecule has 0 fully saturated rings. The van der Waals surface area contributed by atoms with E-state index in [0.29, 0.717) is 23.6 Å². The van der Waals surface area contributed by atoms with Crippen LogP contribution in [0.2, 0.25) is 0 Å². The molecule has 2 amide bonds. The number of amides is 2. The van der Waals surface area contributed by atoms with E-state index >= 15 is 0 Å². The van der Waals surface area contributed by atoms with Gasteiger partial charge < -0.3 is 20.7 Å². The molecule has 3 N–H and O–H groups in total. The van der Waals surface area contributed by atoms with Crippen molar-refractivity contribution in [3.63, 3.8) is 0 Å². The van der Waals surface area contributed by atoms with Gasteiger partial charge in [0.05, 0.1) is 12.2 Å². The zero-order valence-corrected chi connectivity index (χ0v) is 16.5. The quantitative estimate of drug-likeness (QED) is 0.607. The maximum absolute atomic E-state index is 12.3. The number of hydrogen-bond acceptors (Lipinski definition) is 4. The number of anilines is 2. The fourth-order valence-electron chi connectivity index (χ4n) is 2.42. The van der Waals surface area contributed by atoms with Crippen LogP contribution in [-0.2, 0) is 4.79 Å². The van der Waals surface area contributed by atoms with Crippen LogP contribution in [0.1, 0.15) is 31.1 Å². The Morgan fingerprint density at radius 2 is 1.86 bits per heavy atom. The van der Waals surface area contributed by atoms with Gasteiger partial charge in [0.25, 0.3) is 5.91 Å². The third-order valence-corrected chi connectivity index (χ3v) is 3.58. The minimum Gasteiger partial charge on any atom is -0.487 e. The summed E-state index contributed by atoms with van der Waals surface area (Å²) in [4.78, 5) is 24.6. The van der Waals surface area contributed by atoms with Crippen LogP contribution in [0.3, 0.4) is 0 Å². The van der Waals surface area contributed by atoms with E-state index in [4.69, 9.17) is 4.74 Å². The van der Waals surface area contributed by atoms with Crippen LogP contribution in [-0.4, -0.2) is 30.5 Å². The predicted octanol–water partition coefficient (Wildman–Crippen LogP) is 3.83. The molecule has 0 radical (unpaired) electrons. The summed E-state index contributed by atoms with van der Waals surface area (Å²) >= 11 is 0. The molecule has 0 saturated carbocycles. The molecule has 0 saturated heterocycles. The standard InChI is InChI=1S/C22H27N3O3/c1-5-13-28-19-12-7-6-11-18(19)23-15-20(26)24-17-10-8-9-16(14-17)21(27)25-22(2,3)4/h5-12,14,23H,1,13,15H2,2-4H3,(H,24,26)(H,25,27). The largest absolute Gasteiger partial charge is 0.487 e. The fraction of sp³-hybridized carbons (Fsp3) is 0.273. The average molecular weight is 381 g/mol. The fourth-order valence-corrected chi connectivity index (χ4v) is 2.42. The molecule has 0 spiro atoms. The summed E-state index contributed by atoms with van der Waals surface area (Å²) in [7, 11) is 0. The summed E-state index contributed by atoms with van der Waals surface area (Å²) < 4.78 is 5.56. The smallest absolute Gasteiger partial charge is 0.251 e. The Morgan fingerprint density at radius 1 is 1.11 bits per heavy atom. The monoisotopic (exact) mass is 381 g/mol. The van der Waals surface area contributed by atoms with Gasteiger partial charge in [0.15, 0.2) is 0 Å². The molecule has 0 unspecified atom stereocenters. The molecule has 0 heterocycles. The van der Waals surface area contributed by atoms with Crippen molar-refractivity contribution < 1.29 is 14.3 Å². The molecule has 2 aromatic rings. The Hall–Kier alpha value is -3.28. The van der Waals surface area contributed by atoms with E-state index in [1.807, 2.05) is 45.0 Å². The lowest BCUT2D eigenvalue weighted by molar-refractivity contribution is -0.114. The van der Waals surface area contributed by atoms with E-state index in [0.717, 1.165) is 5.69 Å². The van der Waals surface area contributed by atoms with Gasteiger partial charge >= 0.3 is 0 Å². The zero-order chi connectivity index (χ0) is 20.6. The highest BCUT2D eigenvalue weighted by atomic mass is 16.5.